The zero-order valence-electron chi connectivity index (χ0n) is 15.1. The number of furan rings is 1. The average molecular weight is 342 g/mol. The summed E-state index contributed by atoms with van der Waals surface area (Å²) in [5.41, 5.74) is 0.833. The Kier molecular flexibility index (Phi) is 5.11. The highest BCUT2D eigenvalue weighted by Crippen LogP contribution is 2.25. The Morgan fingerprint density at radius 2 is 1.84 bits per heavy atom. The minimum absolute atomic E-state index is 0.0125. The molecule has 2 heterocycles. The second-order valence-corrected chi connectivity index (χ2v) is 7.17. The number of fused-ring (bicyclic) bond motifs is 1. The van der Waals surface area contributed by atoms with E-state index in [0.717, 1.165) is 29.6 Å². The summed E-state index contributed by atoms with van der Waals surface area (Å²) in [5, 5.41) is 4.10. The standard InChI is InChI=1S/C20H26N2O3/c1-13(2)20(24)22-10-8-15(9-11-22)19(23)21-14(3)18-12-16-6-4-5-7-17(16)25-18/h4-7,12-15H,8-11H2,1-3H3,(H,21,23). The first-order chi connectivity index (χ1) is 12.0. The van der Waals surface area contributed by atoms with Crippen LogP contribution >= 0.6 is 0 Å². The van der Waals surface area contributed by atoms with Crippen molar-refractivity contribution < 1.29 is 14.0 Å². The van der Waals surface area contributed by atoms with Crippen molar-refractivity contribution in [3.63, 3.8) is 0 Å². The number of piperidine rings is 1. The van der Waals surface area contributed by atoms with Crippen molar-refractivity contribution in [3.8, 4) is 0 Å². The molecule has 1 unspecified atom stereocenters. The number of likely N-dealkylation sites (tertiary alicyclic amines) is 1. The quantitative estimate of drug-likeness (QED) is 0.925. The van der Waals surface area contributed by atoms with Gasteiger partial charge in [0.1, 0.15) is 11.3 Å². The van der Waals surface area contributed by atoms with Gasteiger partial charge in [0.15, 0.2) is 0 Å². The summed E-state index contributed by atoms with van der Waals surface area (Å²) >= 11 is 0. The Morgan fingerprint density at radius 3 is 2.48 bits per heavy atom. The SMILES string of the molecule is CC(C)C(=O)N1CCC(C(=O)NC(C)c2cc3ccccc3o2)CC1. The van der Waals surface area contributed by atoms with Gasteiger partial charge in [-0.25, -0.2) is 0 Å². The monoisotopic (exact) mass is 342 g/mol. The Bertz CT molecular complexity index is 724. The van der Waals surface area contributed by atoms with Crippen LogP contribution < -0.4 is 5.32 Å². The van der Waals surface area contributed by atoms with Crippen LogP contribution in [0, 0.1) is 11.8 Å². The molecule has 1 fully saturated rings. The topological polar surface area (TPSA) is 62.6 Å². The third-order valence-electron chi connectivity index (χ3n) is 4.90. The lowest BCUT2D eigenvalue weighted by molar-refractivity contribution is -0.138. The highest BCUT2D eigenvalue weighted by molar-refractivity contribution is 5.81. The lowest BCUT2D eigenvalue weighted by atomic mass is 9.94. The summed E-state index contributed by atoms with van der Waals surface area (Å²) in [5.74, 6) is 0.961. The predicted octanol–water partition coefficient (Wildman–Crippen LogP) is 3.50. The van der Waals surface area contributed by atoms with Gasteiger partial charge < -0.3 is 14.6 Å². The summed E-state index contributed by atoms with van der Waals surface area (Å²) in [4.78, 5) is 26.5. The number of nitrogens with zero attached hydrogens (tertiary/aromatic N) is 1. The second-order valence-electron chi connectivity index (χ2n) is 7.17. The zero-order chi connectivity index (χ0) is 18.0. The maximum atomic E-state index is 12.6. The normalized spacial score (nSPS) is 17.0. The summed E-state index contributed by atoms with van der Waals surface area (Å²) in [6.45, 7) is 7.08. The molecule has 0 spiro atoms. The molecular formula is C20H26N2O3. The molecule has 25 heavy (non-hydrogen) atoms. The lowest BCUT2D eigenvalue weighted by Crippen LogP contribution is -2.44. The molecule has 1 saturated heterocycles. The van der Waals surface area contributed by atoms with Crippen LogP contribution in [0.1, 0.15) is 45.4 Å². The molecule has 0 aliphatic carbocycles. The van der Waals surface area contributed by atoms with Crippen LogP contribution in [0.4, 0.5) is 0 Å². The van der Waals surface area contributed by atoms with Crippen LogP contribution in [0.15, 0.2) is 34.7 Å². The Morgan fingerprint density at radius 1 is 1.16 bits per heavy atom. The van der Waals surface area contributed by atoms with E-state index in [1.54, 1.807) is 0 Å². The number of hydrogen-bond acceptors (Lipinski definition) is 3. The molecule has 5 heteroatoms. The van der Waals surface area contributed by atoms with E-state index < -0.39 is 0 Å². The first kappa shape index (κ1) is 17.5. The summed E-state index contributed by atoms with van der Waals surface area (Å²) < 4.78 is 5.83. The van der Waals surface area contributed by atoms with Crippen LogP contribution in [0.2, 0.25) is 0 Å². The van der Waals surface area contributed by atoms with Gasteiger partial charge in [0.05, 0.1) is 6.04 Å². The summed E-state index contributed by atoms with van der Waals surface area (Å²) in [6.07, 6.45) is 1.44. The maximum absolute atomic E-state index is 12.6. The fourth-order valence-electron chi connectivity index (χ4n) is 3.35. The lowest BCUT2D eigenvalue weighted by Gasteiger charge is -2.32. The minimum Gasteiger partial charge on any atom is -0.459 e. The molecule has 1 aliphatic rings. The van der Waals surface area contributed by atoms with Gasteiger partial charge in [-0.2, -0.15) is 0 Å². The van der Waals surface area contributed by atoms with Crippen molar-refractivity contribution in [1.82, 2.24) is 10.2 Å². The highest BCUT2D eigenvalue weighted by Gasteiger charge is 2.29. The van der Waals surface area contributed by atoms with Crippen molar-refractivity contribution in [2.24, 2.45) is 11.8 Å². The summed E-state index contributed by atoms with van der Waals surface area (Å²) in [7, 11) is 0. The van der Waals surface area contributed by atoms with E-state index in [1.165, 1.54) is 0 Å². The number of benzene rings is 1. The van der Waals surface area contributed by atoms with Crippen molar-refractivity contribution in [3.05, 3.63) is 36.1 Å². The van der Waals surface area contributed by atoms with E-state index >= 15 is 0 Å². The molecule has 2 aromatic rings. The van der Waals surface area contributed by atoms with Crippen LogP contribution in [-0.2, 0) is 9.59 Å². The molecule has 1 aromatic carbocycles. The predicted molar refractivity (Wildman–Crippen MR) is 96.9 cm³/mol. The van der Waals surface area contributed by atoms with Gasteiger partial charge in [0.2, 0.25) is 11.8 Å². The van der Waals surface area contributed by atoms with Gasteiger partial charge in [-0.15, -0.1) is 0 Å². The first-order valence-corrected chi connectivity index (χ1v) is 9.03. The van der Waals surface area contributed by atoms with E-state index in [2.05, 4.69) is 5.32 Å². The largest absolute Gasteiger partial charge is 0.459 e. The number of carbonyl (C=O) groups is 2. The molecule has 0 bridgehead atoms. The number of rotatable bonds is 4. The van der Waals surface area contributed by atoms with Crippen molar-refractivity contribution in [2.45, 2.75) is 39.7 Å². The molecule has 0 saturated carbocycles. The van der Waals surface area contributed by atoms with Gasteiger partial charge in [-0.1, -0.05) is 32.0 Å². The number of carbonyl (C=O) groups excluding carboxylic acids is 2. The van der Waals surface area contributed by atoms with Crippen LogP contribution in [0.3, 0.4) is 0 Å². The molecule has 134 valence electrons. The van der Waals surface area contributed by atoms with Crippen molar-refractivity contribution >= 4 is 22.8 Å². The van der Waals surface area contributed by atoms with E-state index in [0.29, 0.717) is 13.1 Å². The fraction of sp³-hybridized carbons (Fsp3) is 0.500. The first-order valence-electron chi connectivity index (χ1n) is 9.03. The van der Waals surface area contributed by atoms with Gasteiger partial charge in [0.25, 0.3) is 0 Å². The summed E-state index contributed by atoms with van der Waals surface area (Å²) in [6, 6.07) is 9.63. The van der Waals surface area contributed by atoms with E-state index in [9.17, 15) is 9.59 Å². The molecule has 3 rings (SSSR count). The van der Waals surface area contributed by atoms with Crippen LogP contribution in [0.25, 0.3) is 11.0 Å². The molecule has 1 atom stereocenters. The van der Waals surface area contributed by atoms with Crippen LogP contribution in [-0.4, -0.2) is 29.8 Å². The molecule has 1 N–H and O–H groups in total. The Hall–Kier alpha value is -2.30. The zero-order valence-corrected chi connectivity index (χ0v) is 15.1. The molecule has 5 nitrogen and oxygen atoms in total. The molecule has 1 aromatic heterocycles. The highest BCUT2D eigenvalue weighted by atomic mass is 16.3. The Balaban J connectivity index is 1.56. The average Bonchev–Trinajstić information content (AvgIpc) is 3.05. The fourth-order valence-corrected chi connectivity index (χ4v) is 3.35. The number of amides is 2. The molecule has 2 amide bonds. The van der Waals surface area contributed by atoms with Gasteiger partial charge in [0, 0.05) is 30.3 Å². The number of nitrogens with one attached hydrogen (secondary N) is 1. The third-order valence-corrected chi connectivity index (χ3v) is 4.90. The van der Waals surface area contributed by atoms with Gasteiger partial charge >= 0.3 is 0 Å². The number of hydrogen-bond donors (Lipinski definition) is 1. The van der Waals surface area contributed by atoms with Crippen LogP contribution in [0.5, 0.6) is 0 Å². The van der Waals surface area contributed by atoms with Crippen molar-refractivity contribution in [1.29, 1.82) is 0 Å². The van der Waals surface area contributed by atoms with Gasteiger partial charge in [-0.3, -0.25) is 9.59 Å². The van der Waals surface area contributed by atoms with E-state index in [-0.39, 0.29) is 29.7 Å². The smallest absolute Gasteiger partial charge is 0.225 e. The minimum atomic E-state index is -0.171. The molecular weight excluding hydrogens is 316 g/mol. The molecule has 1 aliphatic heterocycles. The maximum Gasteiger partial charge on any atom is 0.225 e. The third kappa shape index (κ3) is 3.86. The van der Waals surface area contributed by atoms with E-state index in [4.69, 9.17) is 4.42 Å². The second kappa shape index (κ2) is 7.30. The van der Waals surface area contributed by atoms with Gasteiger partial charge in [-0.05, 0) is 31.9 Å². The molecule has 0 radical (unpaired) electrons. The van der Waals surface area contributed by atoms with Crippen molar-refractivity contribution in [2.75, 3.05) is 13.1 Å². The van der Waals surface area contributed by atoms with E-state index in [1.807, 2.05) is 56.0 Å². The number of para-hydroxylation sites is 1. The Labute approximate surface area is 148 Å².